The molecule has 19 heavy (non-hydrogen) atoms. The van der Waals surface area contributed by atoms with Crippen molar-refractivity contribution in [2.24, 2.45) is 5.84 Å². The molecule has 3 heteroatoms. The van der Waals surface area contributed by atoms with Crippen molar-refractivity contribution in [2.75, 3.05) is 0 Å². The minimum atomic E-state index is 0.424. The first-order chi connectivity index (χ1) is 9.36. The third-order valence-electron chi connectivity index (χ3n) is 3.62. The Morgan fingerprint density at radius 3 is 2.58 bits per heavy atom. The van der Waals surface area contributed by atoms with E-state index in [1.54, 1.807) is 0 Å². The number of rotatable bonds is 11. The number of hydrazine groups is 1. The summed E-state index contributed by atoms with van der Waals surface area (Å²) in [6.45, 7) is 2.26. The molecule has 108 valence electrons. The zero-order chi connectivity index (χ0) is 13.8. The lowest BCUT2D eigenvalue weighted by Gasteiger charge is -2.15. The van der Waals surface area contributed by atoms with Gasteiger partial charge in [0, 0.05) is 17.9 Å². The Balaban J connectivity index is 2.09. The number of aryl methyl sites for hydroxylation is 1. The second-order valence-electron chi connectivity index (χ2n) is 5.28. The molecule has 0 aromatic carbocycles. The molecule has 1 atom stereocenters. The van der Waals surface area contributed by atoms with E-state index in [1.165, 1.54) is 44.9 Å². The van der Waals surface area contributed by atoms with Gasteiger partial charge in [-0.1, -0.05) is 51.5 Å². The van der Waals surface area contributed by atoms with Gasteiger partial charge < -0.3 is 0 Å². The van der Waals surface area contributed by atoms with Gasteiger partial charge in [-0.2, -0.15) is 0 Å². The molecule has 0 spiro atoms. The first kappa shape index (κ1) is 16.1. The van der Waals surface area contributed by atoms with Crippen LogP contribution in [0.25, 0.3) is 0 Å². The molecule has 0 saturated carbocycles. The van der Waals surface area contributed by atoms with Crippen LogP contribution in [0.4, 0.5) is 0 Å². The predicted octanol–water partition coefficient (Wildman–Crippen LogP) is 3.60. The Morgan fingerprint density at radius 2 is 1.89 bits per heavy atom. The average molecular weight is 263 g/mol. The summed E-state index contributed by atoms with van der Waals surface area (Å²) in [5, 5.41) is 0. The van der Waals surface area contributed by atoms with Crippen LogP contribution in [0.5, 0.6) is 0 Å². The summed E-state index contributed by atoms with van der Waals surface area (Å²) in [7, 11) is 0. The molecule has 0 aliphatic carbocycles. The molecule has 1 aromatic heterocycles. The Bertz CT molecular complexity index is 300. The van der Waals surface area contributed by atoms with E-state index in [0.717, 1.165) is 18.5 Å². The van der Waals surface area contributed by atoms with Crippen LogP contribution in [0.3, 0.4) is 0 Å². The third-order valence-corrected chi connectivity index (χ3v) is 3.62. The van der Waals surface area contributed by atoms with Crippen LogP contribution >= 0.6 is 0 Å². The molecule has 3 N–H and O–H groups in total. The van der Waals surface area contributed by atoms with Gasteiger partial charge in [0.05, 0.1) is 0 Å². The maximum absolute atomic E-state index is 5.63. The van der Waals surface area contributed by atoms with Crippen LogP contribution in [0.15, 0.2) is 24.4 Å². The largest absolute Gasteiger partial charge is 0.271 e. The zero-order valence-electron chi connectivity index (χ0n) is 12.3. The van der Waals surface area contributed by atoms with E-state index in [1.807, 2.05) is 18.3 Å². The van der Waals surface area contributed by atoms with Gasteiger partial charge >= 0.3 is 0 Å². The van der Waals surface area contributed by atoms with E-state index in [-0.39, 0.29) is 0 Å². The van der Waals surface area contributed by atoms with Crippen molar-refractivity contribution < 1.29 is 0 Å². The minimum Gasteiger partial charge on any atom is -0.271 e. The summed E-state index contributed by atoms with van der Waals surface area (Å²) in [6.07, 6.45) is 13.2. The predicted molar refractivity (Wildman–Crippen MR) is 81.7 cm³/mol. The average Bonchev–Trinajstić information content (AvgIpc) is 2.47. The van der Waals surface area contributed by atoms with Crippen molar-refractivity contribution in [3.05, 3.63) is 30.1 Å². The maximum Gasteiger partial charge on any atom is 0.0404 e. The topological polar surface area (TPSA) is 50.9 Å². The van der Waals surface area contributed by atoms with Gasteiger partial charge in [-0.15, -0.1) is 0 Å². The molecule has 0 amide bonds. The molecule has 0 fully saturated rings. The minimum absolute atomic E-state index is 0.424. The number of hydrogen-bond donors (Lipinski definition) is 2. The highest BCUT2D eigenvalue weighted by molar-refractivity contribution is 5.03. The van der Waals surface area contributed by atoms with Gasteiger partial charge in [0.1, 0.15) is 0 Å². The molecule has 3 nitrogen and oxygen atoms in total. The number of hydrogen-bond acceptors (Lipinski definition) is 3. The van der Waals surface area contributed by atoms with Crippen LogP contribution in [-0.4, -0.2) is 11.0 Å². The summed E-state index contributed by atoms with van der Waals surface area (Å²) in [6, 6.07) is 6.51. The van der Waals surface area contributed by atoms with Gasteiger partial charge in [0.2, 0.25) is 0 Å². The Kier molecular flexibility index (Phi) is 9.29. The fourth-order valence-electron chi connectivity index (χ4n) is 2.35. The summed E-state index contributed by atoms with van der Waals surface area (Å²) in [5.74, 6) is 5.63. The van der Waals surface area contributed by atoms with E-state index in [4.69, 9.17) is 5.84 Å². The van der Waals surface area contributed by atoms with Crippen LogP contribution < -0.4 is 11.3 Å². The fourth-order valence-corrected chi connectivity index (χ4v) is 2.35. The van der Waals surface area contributed by atoms with Crippen LogP contribution in [-0.2, 0) is 6.42 Å². The first-order valence-electron chi connectivity index (χ1n) is 7.72. The van der Waals surface area contributed by atoms with E-state index in [0.29, 0.717) is 6.04 Å². The highest BCUT2D eigenvalue weighted by Crippen LogP contribution is 2.11. The second kappa shape index (κ2) is 10.9. The molecular weight excluding hydrogens is 234 g/mol. The van der Waals surface area contributed by atoms with Gasteiger partial charge in [0.15, 0.2) is 0 Å². The fraction of sp³-hybridized carbons (Fsp3) is 0.688. The van der Waals surface area contributed by atoms with Crippen LogP contribution in [0, 0.1) is 0 Å². The van der Waals surface area contributed by atoms with E-state index < -0.39 is 0 Å². The number of aromatic nitrogens is 1. The highest BCUT2D eigenvalue weighted by Gasteiger charge is 2.06. The molecule has 1 unspecified atom stereocenters. The van der Waals surface area contributed by atoms with Gasteiger partial charge in [0.25, 0.3) is 0 Å². The molecule has 0 saturated heterocycles. The molecular formula is C16H29N3. The van der Waals surface area contributed by atoms with Gasteiger partial charge in [-0.05, 0) is 31.4 Å². The second-order valence-corrected chi connectivity index (χ2v) is 5.28. The molecule has 0 aliphatic rings. The summed E-state index contributed by atoms with van der Waals surface area (Å²) in [5.41, 5.74) is 4.10. The van der Waals surface area contributed by atoms with Gasteiger partial charge in [-0.3, -0.25) is 16.3 Å². The Hall–Kier alpha value is -0.930. The van der Waals surface area contributed by atoms with Crippen molar-refractivity contribution in [1.29, 1.82) is 0 Å². The van der Waals surface area contributed by atoms with E-state index >= 15 is 0 Å². The van der Waals surface area contributed by atoms with Crippen molar-refractivity contribution in [1.82, 2.24) is 10.4 Å². The van der Waals surface area contributed by atoms with Crippen LogP contribution in [0.2, 0.25) is 0 Å². The number of unbranched alkanes of at least 4 members (excludes halogenated alkanes) is 5. The van der Waals surface area contributed by atoms with Crippen molar-refractivity contribution in [3.63, 3.8) is 0 Å². The maximum atomic E-state index is 5.63. The van der Waals surface area contributed by atoms with Gasteiger partial charge in [-0.25, -0.2) is 0 Å². The standard InChI is InChI=1S/C16H29N3/c1-2-3-4-5-6-7-11-16(19-17)13-12-15-10-8-9-14-18-15/h8-10,14,16,19H,2-7,11-13,17H2,1H3. The lowest BCUT2D eigenvalue weighted by atomic mass is 10.0. The number of nitrogens with zero attached hydrogens (tertiary/aromatic N) is 1. The molecule has 1 heterocycles. The molecule has 0 aliphatic heterocycles. The molecule has 1 aromatic rings. The monoisotopic (exact) mass is 263 g/mol. The van der Waals surface area contributed by atoms with Crippen molar-refractivity contribution in [3.8, 4) is 0 Å². The SMILES string of the molecule is CCCCCCCCC(CCc1ccccn1)NN. The molecule has 0 bridgehead atoms. The number of nitrogens with two attached hydrogens (primary N) is 1. The van der Waals surface area contributed by atoms with E-state index in [9.17, 15) is 0 Å². The first-order valence-corrected chi connectivity index (χ1v) is 7.72. The Morgan fingerprint density at radius 1 is 1.11 bits per heavy atom. The zero-order valence-corrected chi connectivity index (χ0v) is 12.3. The summed E-state index contributed by atoms with van der Waals surface area (Å²) in [4.78, 5) is 4.35. The molecule has 0 radical (unpaired) electrons. The smallest absolute Gasteiger partial charge is 0.0404 e. The highest BCUT2D eigenvalue weighted by atomic mass is 15.2. The summed E-state index contributed by atoms with van der Waals surface area (Å²) >= 11 is 0. The number of nitrogens with one attached hydrogen (secondary N) is 1. The summed E-state index contributed by atoms with van der Waals surface area (Å²) < 4.78 is 0. The quantitative estimate of drug-likeness (QED) is 0.364. The Labute approximate surface area is 118 Å². The third kappa shape index (κ3) is 7.96. The number of pyridine rings is 1. The molecule has 1 rings (SSSR count). The van der Waals surface area contributed by atoms with Crippen LogP contribution in [0.1, 0.15) is 64.0 Å². The van der Waals surface area contributed by atoms with Crippen molar-refractivity contribution >= 4 is 0 Å². The lowest BCUT2D eigenvalue weighted by molar-refractivity contribution is 0.437. The van der Waals surface area contributed by atoms with Crippen molar-refractivity contribution in [2.45, 2.75) is 70.8 Å². The van der Waals surface area contributed by atoms with E-state index in [2.05, 4.69) is 23.4 Å². The lowest BCUT2D eigenvalue weighted by Crippen LogP contribution is -2.35. The normalized spacial score (nSPS) is 12.5.